The number of hydrogen-bond acceptors (Lipinski definition) is 6. The van der Waals surface area contributed by atoms with E-state index >= 15 is 0 Å². The highest BCUT2D eigenvalue weighted by atomic mass is 19.1. The van der Waals surface area contributed by atoms with Crippen LogP contribution in [0.5, 0.6) is 0 Å². The molecule has 11 heteroatoms. The Balaban J connectivity index is 1.54. The number of carbonyl (C=O) groups excluding carboxylic acids is 4. The highest BCUT2D eigenvalue weighted by Gasteiger charge is 2.39. The van der Waals surface area contributed by atoms with Gasteiger partial charge in [-0.25, -0.2) is 14.0 Å². The van der Waals surface area contributed by atoms with E-state index in [0.717, 1.165) is 38.2 Å². The Morgan fingerprint density at radius 1 is 1.10 bits per heavy atom. The van der Waals surface area contributed by atoms with Crippen LogP contribution in [0.4, 0.5) is 9.18 Å². The van der Waals surface area contributed by atoms with Crippen molar-refractivity contribution in [2.24, 2.45) is 0 Å². The van der Waals surface area contributed by atoms with Crippen molar-refractivity contribution in [1.29, 1.82) is 0 Å². The van der Waals surface area contributed by atoms with Gasteiger partial charge < -0.3 is 25.2 Å². The number of hydrogen-bond donors (Lipinski definition) is 2. The number of pyridine rings is 1. The van der Waals surface area contributed by atoms with Crippen molar-refractivity contribution in [2.45, 2.75) is 56.7 Å². The molecule has 0 bridgehead atoms. The summed E-state index contributed by atoms with van der Waals surface area (Å²) in [6.45, 7) is 0.163. The maximum absolute atomic E-state index is 13.8. The molecule has 2 atom stereocenters. The van der Waals surface area contributed by atoms with Gasteiger partial charge in [-0.3, -0.25) is 14.6 Å². The molecule has 39 heavy (non-hydrogen) atoms. The molecule has 0 spiro atoms. The van der Waals surface area contributed by atoms with Gasteiger partial charge in [0.25, 0.3) is 5.91 Å². The van der Waals surface area contributed by atoms with Gasteiger partial charge in [0.15, 0.2) is 0 Å². The van der Waals surface area contributed by atoms with Gasteiger partial charge in [-0.05, 0) is 42.7 Å². The number of halogens is 1. The molecule has 2 aromatic rings. The molecule has 2 aliphatic rings. The van der Waals surface area contributed by atoms with Gasteiger partial charge in [0.05, 0.1) is 13.7 Å². The van der Waals surface area contributed by atoms with Crippen LogP contribution in [0.3, 0.4) is 0 Å². The average molecular weight is 540 g/mol. The minimum absolute atomic E-state index is 0.0234. The Kier molecular flexibility index (Phi) is 9.45. The quantitative estimate of drug-likeness (QED) is 0.521. The van der Waals surface area contributed by atoms with Gasteiger partial charge >= 0.3 is 12.0 Å². The molecule has 4 amide bonds. The summed E-state index contributed by atoms with van der Waals surface area (Å²) in [6, 6.07) is 6.38. The van der Waals surface area contributed by atoms with Gasteiger partial charge in [0.2, 0.25) is 5.91 Å². The minimum atomic E-state index is -1.07. The van der Waals surface area contributed by atoms with E-state index in [1.165, 1.54) is 35.1 Å². The van der Waals surface area contributed by atoms with Crippen molar-refractivity contribution in [2.75, 3.05) is 26.7 Å². The number of ether oxygens (including phenoxy) is 1. The normalized spacial score (nSPS) is 18.7. The zero-order chi connectivity index (χ0) is 27.8. The lowest BCUT2D eigenvalue weighted by Crippen LogP contribution is -2.65. The number of carbonyl (C=O) groups is 4. The summed E-state index contributed by atoms with van der Waals surface area (Å²) < 4.78 is 18.7. The molecule has 1 aromatic heterocycles. The number of nitrogens with one attached hydrogen (secondary N) is 2. The largest absolute Gasteiger partial charge is 0.467 e. The number of nitrogens with zero attached hydrogens (tertiary/aromatic N) is 3. The second-order valence-corrected chi connectivity index (χ2v) is 9.90. The molecule has 2 N–H and O–H groups in total. The zero-order valence-electron chi connectivity index (χ0n) is 22.0. The van der Waals surface area contributed by atoms with Crippen molar-refractivity contribution in [3.63, 3.8) is 0 Å². The Morgan fingerprint density at radius 3 is 2.59 bits per heavy atom. The van der Waals surface area contributed by atoms with E-state index in [9.17, 15) is 23.6 Å². The van der Waals surface area contributed by atoms with Gasteiger partial charge in [-0.15, -0.1) is 0 Å². The summed E-state index contributed by atoms with van der Waals surface area (Å²) in [5, 5.41) is 5.76. The zero-order valence-corrected chi connectivity index (χ0v) is 22.0. The van der Waals surface area contributed by atoms with Crippen LogP contribution in [0, 0.1) is 5.82 Å². The van der Waals surface area contributed by atoms with Crippen LogP contribution < -0.4 is 10.6 Å². The SMILES string of the molecule is COC(=O)C(Cc1cccnc1)NC(=O)C1CN(C(=O)c2cccc(F)c2)CCN1C(=O)NC1CCCCC1. The lowest BCUT2D eigenvalue weighted by atomic mass is 9.95. The maximum Gasteiger partial charge on any atom is 0.328 e. The van der Waals surface area contributed by atoms with Crippen molar-refractivity contribution in [3.8, 4) is 0 Å². The van der Waals surface area contributed by atoms with E-state index in [2.05, 4.69) is 15.6 Å². The molecular formula is C28H34FN5O5. The first-order valence-corrected chi connectivity index (χ1v) is 13.2. The summed E-state index contributed by atoms with van der Waals surface area (Å²) in [4.78, 5) is 59.6. The fraction of sp³-hybridized carbons (Fsp3) is 0.464. The molecule has 1 aliphatic heterocycles. The Morgan fingerprint density at radius 2 is 1.90 bits per heavy atom. The number of rotatable bonds is 7. The van der Waals surface area contributed by atoms with Crippen LogP contribution >= 0.6 is 0 Å². The molecule has 1 aliphatic carbocycles. The number of amides is 4. The van der Waals surface area contributed by atoms with Gasteiger partial charge in [0, 0.05) is 43.5 Å². The van der Waals surface area contributed by atoms with Crippen LogP contribution in [0.15, 0.2) is 48.8 Å². The van der Waals surface area contributed by atoms with E-state index in [4.69, 9.17) is 4.74 Å². The second-order valence-electron chi connectivity index (χ2n) is 9.90. The predicted octanol–water partition coefficient (Wildman–Crippen LogP) is 2.29. The van der Waals surface area contributed by atoms with Gasteiger partial charge in [-0.2, -0.15) is 0 Å². The molecule has 2 fully saturated rings. The molecule has 1 aromatic carbocycles. The van der Waals surface area contributed by atoms with Crippen LogP contribution in [-0.2, 0) is 20.7 Å². The highest BCUT2D eigenvalue weighted by molar-refractivity contribution is 5.96. The number of esters is 1. The number of urea groups is 1. The van der Waals surface area contributed by atoms with Crippen molar-refractivity contribution < 1.29 is 28.3 Å². The summed E-state index contributed by atoms with van der Waals surface area (Å²) in [5.41, 5.74) is 0.866. The molecule has 208 valence electrons. The first-order chi connectivity index (χ1) is 18.9. The maximum atomic E-state index is 13.8. The number of aromatic nitrogens is 1. The number of piperazine rings is 1. The predicted molar refractivity (Wildman–Crippen MR) is 140 cm³/mol. The Labute approximate surface area is 226 Å². The average Bonchev–Trinajstić information content (AvgIpc) is 2.96. The Bertz CT molecular complexity index is 1170. The summed E-state index contributed by atoms with van der Waals surface area (Å²) >= 11 is 0. The van der Waals surface area contributed by atoms with Crippen molar-refractivity contribution >= 4 is 23.8 Å². The van der Waals surface area contributed by atoms with E-state index in [0.29, 0.717) is 5.56 Å². The molecule has 0 radical (unpaired) electrons. The third-order valence-corrected chi connectivity index (χ3v) is 7.20. The molecule has 2 unspecified atom stereocenters. The molecule has 1 saturated heterocycles. The first kappa shape index (κ1) is 28.0. The topological polar surface area (TPSA) is 121 Å². The lowest BCUT2D eigenvalue weighted by Gasteiger charge is -2.41. The van der Waals surface area contributed by atoms with E-state index in [-0.39, 0.29) is 43.7 Å². The van der Waals surface area contributed by atoms with Crippen LogP contribution in [0.25, 0.3) is 0 Å². The summed E-state index contributed by atoms with van der Waals surface area (Å²) in [6.07, 6.45) is 8.26. The van der Waals surface area contributed by atoms with Crippen LogP contribution in [0.2, 0.25) is 0 Å². The van der Waals surface area contributed by atoms with Crippen molar-refractivity contribution in [1.82, 2.24) is 25.4 Å². The van der Waals surface area contributed by atoms with E-state index in [1.807, 2.05) is 0 Å². The molecular weight excluding hydrogens is 505 g/mol. The van der Waals surface area contributed by atoms with Crippen LogP contribution in [0.1, 0.15) is 48.0 Å². The second kappa shape index (κ2) is 13.2. The van der Waals surface area contributed by atoms with Crippen LogP contribution in [-0.4, -0.2) is 83.5 Å². The van der Waals surface area contributed by atoms with E-state index < -0.39 is 35.7 Å². The first-order valence-electron chi connectivity index (χ1n) is 13.2. The Hall–Kier alpha value is -4.02. The molecule has 10 nitrogen and oxygen atoms in total. The molecule has 4 rings (SSSR count). The van der Waals surface area contributed by atoms with Gasteiger partial charge in [-0.1, -0.05) is 31.4 Å². The fourth-order valence-corrected chi connectivity index (χ4v) is 5.10. The van der Waals surface area contributed by atoms with Crippen molar-refractivity contribution in [3.05, 3.63) is 65.7 Å². The van der Waals surface area contributed by atoms with Gasteiger partial charge in [0.1, 0.15) is 17.9 Å². The molecule has 1 saturated carbocycles. The lowest BCUT2D eigenvalue weighted by molar-refractivity contribution is -0.145. The van der Waals surface area contributed by atoms with E-state index in [1.54, 1.807) is 24.5 Å². The molecule has 2 heterocycles. The third kappa shape index (κ3) is 7.30. The minimum Gasteiger partial charge on any atom is -0.467 e. The summed E-state index contributed by atoms with van der Waals surface area (Å²) in [7, 11) is 1.23. The smallest absolute Gasteiger partial charge is 0.328 e. The third-order valence-electron chi connectivity index (χ3n) is 7.20. The summed E-state index contributed by atoms with van der Waals surface area (Å²) in [5.74, 6) is -2.23. The highest BCUT2D eigenvalue weighted by Crippen LogP contribution is 2.20. The fourth-order valence-electron chi connectivity index (χ4n) is 5.10. The number of methoxy groups -OCH3 is 1. The standard InChI is InChI=1S/C28H34FN5O5/c1-39-27(37)23(15-19-7-6-12-30-17-19)32-25(35)24-18-33(26(36)20-8-5-9-21(29)16-20)13-14-34(24)28(38)31-22-10-3-2-4-11-22/h5-9,12,16-17,22-24H,2-4,10-11,13-15,18H2,1H3,(H,31,38)(H,32,35). The number of benzene rings is 1. The monoisotopic (exact) mass is 539 g/mol.